The molecule has 1 unspecified atom stereocenters. The summed E-state index contributed by atoms with van der Waals surface area (Å²) in [4.78, 5) is 25.3. The van der Waals surface area contributed by atoms with E-state index in [-0.39, 0.29) is 17.3 Å². The summed E-state index contributed by atoms with van der Waals surface area (Å²) >= 11 is 5.61. The molecule has 11 heteroatoms. The molecule has 0 radical (unpaired) electrons. The van der Waals surface area contributed by atoms with E-state index in [1.54, 1.807) is 36.9 Å². The maximum atomic E-state index is 13.0. The number of phenols is 1. The van der Waals surface area contributed by atoms with Gasteiger partial charge in [-0.25, -0.2) is 4.79 Å². The van der Waals surface area contributed by atoms with Crippen molar-refractivity contribution in [2.75, 3.05) is 24.7 Å². The number of nitrogens with zero attached hydrogens (tertiary/aromatic N) is 2. The van der Waals surface area contributed by atoms with E-state index in [1.165, 1.54) is 18.2 Å². The molecule has 0 aliphatic carbocycles. The van der Waals surface area contributed by atoms with Gasteiger partial charge in [-0.15, -0.1) is 0 Å². The summed E-state index contributed by atoms with van der Waals surface area (Å²) in [6.07, 6.45) is 0. The van der Waals surface area contributed by atoms with Gasteiger partial charge in [-0.2, -0.15) is 0 Å². The number of allylic oxidation sites excluding steroid dienone is 1. The summed E-state index contributed by atoms with van der Waals surface area (Å²) in [7, 11) is 0. The molecule has 4 rings (SSSR count). The van der Waals surface area contributed by atoms with Gasteiger partial charge in [0.05, 0.1) is 28.8 Å². The van der Waals surface area contributed by atoms with Gasteiger partial charge >= 0.3 is 11.7 Å². The van der Waals surface area contributed by atoms with Crippen LogP contribution in [0.25, 0.3) is 0 Å². The van der Waals surface area contributed by atoms with Gasteiger partial charge in [-0.1, -0.05) is 6.07 Å². The molecule has 0 saturated heterocycles. The highest BCUT2D eigenvalue weighted by atomic mass is 32.1. The van der Waals surface area contributed by atoms with Gasteiger partial charge in [0, 0.05) is 17.8 Å². The van der Waals surface area contributed by atoms with Gasteiger partial charge in [-0.05, 0) is 49.8 Å². The van der Waals surface area contributed by atoms with Crippen molar-refractivity contribution in [1.29, 1.82) is 0 Å². The summed E-state index contributed by atoms with van der Waals surface area (Å²) in [5.74, 6) is 0.109. The van der Waals surface area contributed by atoms with Crippen LogP contribution in [-0.2, 0) is 9.53 Å². The molecule has 0 saturated carbocycles. The molecule has 0 aromatic heterocycles. The number of benzene rings is 2. The first-order valence-corrected chi connectivity index (χ1v) is 10.6. The summed E-state index contributed by atoms with van der Waals surface area (Å²) in [5.41, 5.74) is 1.28. The summed E-state index contributed by atoms with van der Waals surface area (Å²) < 4.78 is 16.5. The fraction of sp³-hybridized carbons (Fsp3) is 0.273. The van der Waals surface area contributed by atoms with E-state index in [0.717, 1.165) is 0 Å². The maximum absolute atomic E-state index is 13.0. The molecular weight excluding hydrogens is 450 g/mol. The number of carbonyl (C=O) groups is 1. The Bertz CT molecular complexity index is 1180. The molecule has 2 aromatic rings. The summed E-state index contributed by atoms with van der Waals surface area (Å²) in [6, 6.07) is 8.42. The molecule has 2 aliphatic rings. The number of hydrogen-bond acceptors (Lipinski definition) is 8. The van der Waals surface area contributed by atoms with Gasteiger partial charge in [0.1, 0.15) is 13.2 Å². The van der Waals surface area contributed by atoms with Crippen molar-refractivity contribution in [3.8, 4) is 17.2 Å². The predicted octanol–water partition coefficient (Wildman–Crippen LogP) is 3.34. The second kappa shape index (κ2) is 8.94. The van der Waals surface area contributed by atoms with E-state index in [0.29, 0.717) is 41.7 Å². The molecule has 172 valence electrons. The van der Waals surface area contributed by atoms with Gasteiger partial charge in [-0.3, -0.25) is 15.0 Å². The second-order valence-corrected chi connectivity index (χ2v) is 7.66. The number of anilines is 1. The molecule has 2 heterocycles. The first-order valence-electron chi connectivity index (χ1n) is 10.2. The van der Waals surface area contributed by atoms with Crippen LogP contribution >= 0.6 is 12.2 Å². The minimum absolute atomic E-state index is 0.145. The highest BCUT2D eigenvalue weighted by Gasteiger charge is 2.36. The Labute approximate surface area is 194 Å². The van der Waals surface area contributed by atoms with Crippen molar-refractivity contribution >= 4 is 34.7 Å². The fourth-order valence-corrected chi connectivity index (χ4v) is 4.17. The molecule has 10 nitrogen and oxygen atoms in total. The monoisotopic (exact) mass is 471 g/mol. The van der Waals surface area contributed by atoms with Crippen LogP contribution in [0.1, 0.15) is 25.5 Å². The van der Waals surface area contributed by atoms with E-state index < -0.39 is 28.4 Å². The molecule has 0 fully saturated rings. The Kier molecular flexibility index (Phi) is 6.05. The lowest BCUT2D eigenvalue weighted by Crippen LogP contribution is -2.48. The molecule has 2 aromatic carbocycles. The first-order chi connectivity index (χ1) is 15.8. The number of phenolic OH excluding ortho intramolecular Hbond substituents is 1. The number of aromatic hydroxyl groups is 1. The van der Waals surface area contributed by atoms with Crippen LogP contribution in [0.4, 0.5) is 11.4 Å². The average molecular weight is 471 g/mol. The summed E-state index contributed by atoms with van der Waals surface area (Å²) in [6.45, 7) is 4.43. The first kappa shape index (κ1) is 22.3. The van der Waals surface area contributed by atoms with Gasteiger partial charge in [0.15, 0.2) is 22.4 Å². The SMILES string of the molecule is CCOC(=O)C1=C(C)N(c2ccc3c(c2)OCCO3)C(=S)NC1c1ccc(O)c([N+](=O)[O-])c1. The molecule has 0 amide bonds. The van der Waals surface area contributed by atoms with E-state index in [4.69, 9.17) is 26.4 Å². The van der Waals surface area contributed by atoms with E-state index >= 15 is 0 Å². The standard InChI is InChI=1S/C22H21N3O7S/c1-3-30-21(27)19-12(2)24(14-5-7-17-18(11-14)32-9-8-31-17)22(33)23-20(19)13-4-6-16(26)15(10-13)25(28)29/h4-7,10-11,20,26H,3,8-9H2,1-2H3,(H,23,33). The number of nitrogens with one attached hydrogen (secondary N) is 1. The highest BCUT2D eigenvalue weighted by Crippen LogP contribution is 2.40. The van der Waals surface area contributed by atoms with Gasteiger partial charge in [0.25, 0.3) is 0 Å². The number of fused-ring (bicyclic) bond motifs is 1. The summed E-state index contributed by atoms with van der Waals surface area (Å²) in [5, 5.41) is 24.5. The van der Waals surface area contributed by atoms with Crippen LogP contribution in [0.3, 0.4) is 0 Å². The Balaban J connectivity index is 1.82. The van der Waals surface area contributed by atoms with Crippen LogP contribution < -0.4 is 19.7 Å². The number of rotatable bonds is 5. The fourth-order valence-electron chi connectivity index (χ4n) is 3.81. The van der Waals surface area contributed by atoms with Crippen LogP contribution in [0.15, 0.2) is 47.7 Å². The Morgan fingerprint density at radius 2 is 2.00 bits per heavy atom. The number of esters is 1. The molecule has 33 heavy (non-hydrogen) atoms. The predicted molar refractivity (Wildman–Crippen MR) is 122 cm³/mol. The van der Waals surface area contributed by atoms with Gasteiger partial charge < -0.3 is 24.6 Å². The third-order valence-electron chi connectivity index (χ3n) is 5.29. The average Bonchev–Trinajstić information content (AvgIpc) is 2.79. The van der Waals surface area contributed by atoms with Crippen molar-refractivity contribution in [1.82, 2.24) is 5.32 Å². The smallest absolute Gasteiger partial charge is 0.338 e. The van der Waals surface area contributed by atoms with Crippen molar-refractivity contribution in [2.24, 2.45) is 0 Å². The zero-order valence-corrected chi connectivity index (χ0v) is 18.7. The molecule has 0 spiro atoms. The highest BCUT2D eigenvalue weighted by molar-refractivity contribution is 7.80. The Morgan fingerprint density at radius 1 is 1.27 bits per heavy atom. The van der Waals surface area contributed by atoms with E-state index in [1.807, 2.05) is 0 Å². The Hall–Kier alpha value is -3.86. The lowest BCUT2D eigenvalue weighted by molar-refractivity contribution is -0.385. The Morgan fingerprint density at radius 3 is 2.70 bits per heavy atom. The van der Waals surface area contributed by atoms with Crippen LogP contribution in [-0.4, -0.2) is 40.9 Å². The lowest BCUT2D eigenvalue weighted by Gasteiger charge is -2.37. The van der Waals surface area contributed by atoms with Crippen molar-refractivity contribution in [2.45, 2.75) is 19.9 Å². The minimum Gasteiger partial charge on any atom is -0.502 e. The quantitative estimate of drug-likeness (QED) is 0.290. The molecule has 2 aliphatic heterocycles. The number of hydrogen-bond donors (Lipinski definition) is 2. The lowest BCUT2D eigenvalue weighted by atomic mass is 9.94. The third-order valence-corrected chi connectivity index (χ3v) is 5.59. The van der Waals surface area contributed by atoms with Crippen LogP contribution in [0.2, 0.25) is 0 Å². The number of nitro benzene ring substituents is 1. The van der Waals surface area contributed by atoms with Crippen molar-refractivity contribution < 1.29 is 29.0 Å². The normalized spacial score (nSPS) is 17.5. The second-order valence-electron chi connectivity index (χ2n) is 7.27. The molecule has 0 bridgehead atoms. The van der Waals surface area contributed by atoms with Crippen LogP contribution in [0, 0.1) is 10.1 Å². The number of ether oxygens (including phenoxy) is 3. The number of carbonyl (C=O) groups excluding carboxylic acids is 1. The number of thiocarbonyl (C=S) groups is 1. The molecule has 2 N–H and O–H groups in total. The van der Waals surface area contributed by atoms with E-state index in [9.17, 15) is 20.0 Å². The zero-order valence-electron chi connectivity index (χ0n) is 17.9. The van der Waals surface area contributed by atoms with Crippen LogP contribution in [0.5, 0.6) is 17.2 Å². The topological polar surface area (TPSA) is 123 Å². The van der Waals surface area contributed by atoms with E-state index in [2.05, 4.69) is 5.32 Å². The third kappa shape index (κ3) is 4.14. The van der Waals surface area contributed by atoms with Crippen molar-refractivity contribution in [3.63, 3.8) is 0 Å². The largest absolute Gasteiger partial charge is 0.502 e. The number of nitro groups is 1. The zero-order chi connectivity index (χ0) is 23.7. The van der Waals surface area contributed by atoms with Crippen molar-refractivity contribution in [3.05, 3.63) is 63.3 Å². The maximum Gasteiger partial charge on any atom is 0.338 e. The molecule has 1 atom stereocenters. The minimum atomic E-state index is -0.815. The van der Waals surface area contributed by atoms with Gasteiger partial charge in [0.2, 0.25) is 0 Å². The molecular formula is C22H21N3O7S.